The second-order valence-electron chi connectivity index (χ2n) is 14.0. The van der Waals surface area contributed by atoms with Crippen molar-refractivity contribution in [2.75, 3.05) is 0 Å². The van der Waals surface area contributed by atoms with Crippen LogP contribution in [0.15, 0.2) is 194 Å². The summed E-state index contributed by atoms with van der Waals surface area (Å²) in [6.07, 6.45) is 0. The van der Waals surface area contributed by atoms with E-state index in [2.05, 4.69) is 174 Å². The van der Waals surface area contributed by atoms with Crippen molar-refractivity contribution in [2.24, 2.45) is 0 Å². The Labute approximate surface area is 327 Å². The molecule has 4 nitrogen and oxygen atoms in total. The molecule has 5 heteroatoms. The standard InChI is InChI=1S/C51H32N4S/c1-3-15-33(16-4-1)35-19-13-20-36(29-35)50-52-49(34-17-5-2-6-18-34)53-51(54-50)38-30-37(40-24-14-28-47-48(40)43-23-9-12-27-46(43)56-47)31-39(32-38)55-44-25-10-7-21-41(44)42-22-8-11-26-45(42)55/h1-32H. The molecule has 3 heterocycles. The molecule has 0 N–H and O–H groups in total. The summed E-state index contributed by atoms with van der Waals surface area (Å²) >= 11 is 1.84. The quantitative estimate of drug-likeness (QED) is 0.171. The number of thiophene rings is 1. The molecule has 262 valence electrons. The largest absolute Gasteiger partial charge is 0.309 e. The van der Waals surface area contributed by atoms with Crippen LogP contribution in [0.5, 0.6) is 0 Å². The third-order valence-corrected chi connectivity index (χ3v) is 11.8. The van der Waals surface area contributed by atoms with Gasteiger partial charge in [0, 0.05) is 53.3 Å². The van der Waals surface area contributed by atoms with E-state index < -0.39 is 0 Å². The van der Waals surface area contributed by atoms with E-state index in [1.807, 2.05) is 35.6 Å². The van der Waals surface area contributed by atoms with Crippen LogP contribution in [0.25, 0.3) is 104 Å². The lowest BCUT2D eigenvalue weighted by atomic mass is 9.97. The highest BCUT2D eigenvalue weighted by atomic mass is 32.1. The fourth-order valence-corrected chi connectivity index (χ4v) is 9.19. The summed E-state index contributed by atoms with van der Waals surface area (Å²) < 4.78 is 4.92. The van der Waals surface area contributed by atoms with Crippen molar-refractivity contribution >= 4 is 53.3 Å². The number of hydrogen-bond acceptors (Lipinski definition) is 4. The molecule has 3 aromatic heterocycles. The summed E-state index contributed by atoms with van der Waals surface area (Å²) in [6, 6.07) is 68.6. The fourth-order valence-electron chi connectivity index (χ4n) is 8.06. The van der Waals surface area contributed by atoms with Crippen LogP contribution >= 0.6 is 11.3 Å². The van der Waals surface area contributed by atoms with Crippen molar-refractivity contribution in [1.29, 1.82) is 0 Å². The molecule has 0 spiro atoms. The van der Waals surface area contributed by atoms with Gasteiger partial charge in [-0.1, -0.05) is 146 Å². The number of hydrogen-bond donors (Lipinski definition) is 0. The molecule has 8 aromatic carbocycles. The molecule has 0 amide bonds. The summed E-state index contributed by atoms with van der Waals surface area (Å²) in [4.78, 5) is 15.6. The van der Waals surface area contributed by atoms with Crippen molar-refractivity contribution in [3.63, 3.8) is 0 Å². The third kappa shape index (κ3) is 5.48. The van der Waals surface area contributed by atoms with Gasteiger partial charge in [-0.2, -0.15) is 0 Å². The topological polar surface area (TPSA) is 43.6 Å². The Morgan fingerprint density at radius 3 is 1.57 bits per heavy atom. The van der Waals surface area contributed by atoms with E-state index in [9.17, 15) is 0 Å². The Balaban J connectivity index is 1.20. The molecular weight excluding hydrogens is 701 g/mol. The van der Waals surface area contributed by atoms with Gasteiger partial charge in [-0.3, -0.25) is 0 Å². The summed E-state index contributed by atoms with van der Waals surface area (Å²) in [6.45, 7) is 0. The smallest absolute Gasteiger partial charge is 0.164 e. The molecule has 0 aliphatic heterocycles. The Bertz CT molecular complexity index is 3200. The molecule has 56 heavy (non-hydrogen) atoms. The molecule has 11 aromatic rings. The van der Waals surface area contributed by atoms with Gasteiger partial charge in [0.25, 0.3) is 0 Å². The van der Waals surface area contributed by atoms with Gasteiger partial charge in [-0.25, -0.2) is 15.0 Å². The van der Waals surface area contributed by atoms with Crippen LogP contribution in [0.1, 0.15) is 0 Å². The number of aromatic nitrogens is 4. The average Bonchev–Trinajstić information content (AvgIpc) is 3.83. The molecular formula is C51H32N4S. The van der Waals surface area contributed by atoms with E-state index in [0.29, 0.717) is 17.5 Å². The first-order valence-corrected chi connectivity index (χ1v) is 19.6. The molecule has 0 radical (unpaired) electrons. The Hall–Kier alpha value is -7.21. The number of para-hydroxylation sites is 2. The summed E-state index contributed by atoms with van der Waals surface area (Å²) in [7, 11) is 0. The van der Waals surface area contributed by atoms with E-state index in [4.69, 9.17) is 15.0 Å². The first kappa shape index (κ1) is 32.2. The minimum absolute atomic E-state index is 0.616. The van der Waals surface area contributed by atoms with Crippen LogP contribution in [0, 0.1) is 0 Å². The van der Waals surface area contributed by atoms with Crippen LogP contribution in [0.2, 0.25) is 0 Å². The van der Waals surface area contributed by atoms with Crippen molar-refractivity contribution in [3.05, 3.63) is 194 Å². The van der Waals surface area contributed by atoms with E-state index in [-0.39, 0.29) is 0 Å². The molecule has 0 atom stereocenters. The molecule has 0 aliphatic rings. The van der Waals surface area contributed by atoms with Crippen LogP contribution < -0.4 is 0 Å². The number of benzene rings is 8. The zero-order valence-corrected chi connectivity index (χ0v) is 31.0. The summed E-state index contributed by atoms with van der Waals surface area (Å²) in [5.74, 6) is 1.87. The molecule has 0 aliphatic carbocycles. The monoisotopic (exact) mass is 732 g/mol. The zero-order chi connectivity index (χ0) is 37.0. The van der Waals surface area contributed by atoms with Gasteiger partial charge in [0.15, 0.2) is 17.5 Å². The number of nitrogens with zero attached hydrogens (tertiary/aromatic N) is 4. The van der Waals surface area contributed by atoms with Gasteiger partial charge >= 0.3 is 0 Å². The number of rotatable bonds is 6. The molecule has 0 saturated heterocycles. The molecule has 0 bridgehead atoms. The first-order valence-electron chi connectivity index (χ1n) is 18.8. The lowest BCUT2D eigenvalue weighted by Gasteiger charge is -2.15. The highest BCUT2D eigenvalue weighted by Gasteiger charge is 2.19. The third-order valence-electron chi connectivity index (χ3n) is 10.6. The fraction of sp³-hybridized carbons (Fsp3) is 0. The Morgan fingerprint density at radius 2 is 0.839 bits per heavy atom. The van der Waals surface area contributed by atoms with E-state index in [1.165, 1.54) is 36.5 Å². The van der Waals surface area contributed by atoms with Gasteiger partial charge in [0.1, 0.15) is 0 Å². The van der Waals surface area contributed by atoms with Gasteiger partial charge in [0.05, 0.1) is 11.0 Å². The Morgan fingerprint density at radius 1 is 0.339 bits per heavy atom. The maximum absolute atomic E-state index is 5.29. The first-order chi connectivity index (χ1) is 27.7. The van der Waals surface area contributed by atoms with Crippen molar-refractivity contribution < 1.29 is 0 Å². The lowest BCUT2D eigenvalue weighted by molar-refractivity contribution is 1.07. The average molecular weight is 733 g/mol. The lowest BCUT2D eigenvalue weighted by Crippen LogP contribution is -2.02. The molecule has 11 rings (SSSR count). The second-order valence-corrected chi connectivity index (χ2v) is 15.1. The summed E-state index contributed by atoms with van der Waals surface area (Å²) in [5.41, 5.74) is 10.6. The van der Waals surface area contributed by atoms with E-state index in [1.54, 1.807) is 0 Å². The van der Waals surface area contributed by atoms with Crippen LogP contribution in [-0.2, 0) is 0 Å². The number of fused-ring (bicyclic) bond motifs is 6. The van der Waals surface area contributed by atoms with Crippen molar-refractivity contribution in [3.8, 4) is 62.1 Å². The van der Waals surface area contributed by atoms with Crippen molar-refractivity contribution in [1.82, 2.24) is 19.5 Å². The predicted molar refractivity (Wildman–Crippen MR) is 234 cm³/mol. The molecule has 0 saturated carbocycles. The van der Waals surface area contributed by atoms with E-state index >= 15 is 0 Å². The van der Waals surface area contributed by atoms with Crippen LogP contribution in [0.3, 0.4) is 0 Å². The van der Waals surface area contributed by atoms with E-state index in [0.717, 1.165) is 50.1 Å². The van der Waals surface area contributed by atoms with Crippen molar-refractivity contribution in [2.45, 2.75) is 0 Å². The van der Waals surface area contributed by atoms with Crippen LogP contribution in [-0.4, -0.2) is 19.5 Å². The minimum atomic E-state index is 0.616. The minimum Gasteiger partial charge on any atom is -0.309 e. The highest BCUT2D eigenvalue weighted by molar-refractivity contribution is 7.25. The van der Waals surface area contributed by atoms with Gasteiger partial charge < -0.3 is 4.57 Å². The molecule has 0 unspecified atom stereocenters. The maximum atomic E-state index is 5.29. The zero-order valence-electron chi connectivity index (χ0n) is 30.2. The second kappa shape index (κ2) is 13.3. The summed E-state index contributed by atoms with van der Waals surface area (Å²) in [5, 5.41) is 4.96. The highest BCUT2D eigenvalue weighted by Crippen LogP contribution is 2.42. The van der Waals surface area contributed by atoms with Gasteiger partial charge in [0.2, 0.25) is 0 Å². The van der Waals surface area contributed by atoms with Gasteiger partial charge in [-0.05, 0) is 70.8 Å². The Kier molecular flexibility index (Phi) is 7.64. The predicted octanol–water partition coefficient (Wildman–Crippen LogP) is 13.7. The molecule has 0 fully saturated rings. The SMILES string of the molecule is c1ccc(-c2cccc(-c3nc(-c4ccccc4)nc(-c4cc(-c5cccc6sc7ccccc7c56)cc(-n5c6ccccc6c6ccccc65)c4)n3)c2)cc1. The normalized spacial score (nSPS) is 11.6. The maximum Gasteiger partial charge on any atom is 0.164 e. The van der Waals surface area contributed by atoms with Gasteiger partial charge in [-0.15, -0.1) is 11.3 Å². The van der Waals surface area contributed by atoms with Crippen LogP contribution in [0.4, 0.5) is 0 Å².